The van der Waals surface area contributed by atoms with Gasteiger partial charge in [0.25, 0.3) is 0 Å². The highest BCUT2D eigenvalue weighted by molar-refractivity contribution is 5.28. The highest BCUT2D eigenvalue weighted by Crippen LogP contribution is 2.13. The van der Waals surface area contributed by atoms with Crippen LogP contribution in [0.2, 0.25) is 0 Å². The standard InChI is InChI=1S/C9H17N5O2/c1-6(4-5-10)11-7-12-8(15-2)14-9(13-7)16-3/h6H,4-5,10H2,1-3H3,(H,11,12,13,14). The van der Waals surface area contributed by atoms with E-state index >= 15 is 0 Å². The first-order valence-corrected chi connectivity index (χ1v) is 5.00. The third kappa shape index (κ3) is 3.50. The van der Waals surface area contributed by atoms with Crippen LogP contribution in [0.15, 0.2) is 0 Å². The Kier molecular flexibility index (Phi) is 4.71. The Balaban J connectivity index is 2.78. The van der Waals surface area contributed by atoms with Crippen LogP contribution in [-0.4, -0.2) is 41.8 Å². The van der Waals surface area contributed by atoms with E-state index in [1.54, 1.807) is 0 Å². The van der Waals surface area contributed by atoms with Gasteiger partial charge in [-0.15, -0.1) is 4.98 Å². The van der Waals surface area contributed by atoms with Crippen molar-refractivity contribution in [2.24, 2.45) is 5.73 Å². The van der Waals surface area contributed by atoms with Crippen molar-refractivity contribution in [2.75, 3.05) is 26.1 Å². The molecule has 1 heterocycles. The lowest BCUT2D eigenvalue weighted by atomic mass is 10.2. The van der Waals surface area contributed by atoms with E-state index in [1.807, 2.05) is 6.92 Å². The van der Waals surface area contributed by atoms with Gasteiger partial charge in [0.1, 0.15) is 0 Å². The lowest BCUT2D eigenvalue weighted by molar-refractivity contribution is 0.341. The molecule has 3 N–H and O–H groups in total. The maximum atomic E-state index is 5.45. The Labute approximate surface area is 94.4 Å². The van der Waals surface area contributed by atoms with Gasteiger partial charge in [-0.25, -0.2) is 0 Å². The van der Waals surface area contributed by atoms with Crippen LogP contribution in [0.1, 0.15) is 13.3 Å². The molecule has 0 saturated carbocycles. The molecule has 0 bridgehead atoms. The molecule has 90 valence electrons. The van der Waals surface area contributed by atoms with Gasteiger partial charge in [0.15, 0.2) is 0 Å². The normalized spacial score (nSPS) is 12.0. The van der Waals surface area contributed by atoms with Crippen LogP contribution in [-0.2, 0) is 0 Å². The number of nitrogens with zero attached hydrogens (tertiary/aromatic N) is 3. The van der Waals surface area contributed by atoms with Crippen LogP contribution in [0.5, 0.6) is 12.0 Å². The molecule has 0 aliphatic heterocycles. The molecule has 0 aliphatic carbocycles. The van der Waals surface area contributed by atoms with Gasteiger partial charge in [-0.1, -0.05) is 0 Å². The summed E-state index contributed by atoms with van der Waals surface area (Å²) in [6, 6.07) is 0.616. The van der Waals surface area contributed by atoms with Crippen LogP contribution in [0.3, 0.4) is 0 Å². The fourth-order valence-electron chi connectivity index (χ4n) is 1.13. The van der Waals surface area contributed by atoms with Crippen molar-refractivity contribution in [2.45, 2.75) is 19.4 Å². The van der Waals surface area contributed by atoms with Crippen molar-refractivity contribution in [3.05, 3.63) is 0 Å². The van der Waals surface area contributed by atoms with Gasteiger partial charge in [-0.05, 0) is 19.9 Å². The highest BCUT2D eigenvalue weighted by atomic mass is 16.5. The number of nitrogens with one attached hydrogen (secondary N) is 1. The Morgan fingerprint density at radius 1 is 1.19 bits per heavy atom. The van der Waals surface area contributed by atoms with Crippen molar-refractivity contribution >= 4 is 5.95 Å². The topological polar surface area (TPSA) is 95.2 Å². The van der Waals surface area contributed by atoms with E-state index in [2.05, 4.69) is 20.3 Å². The second-order valence-electron chi connectivity index (χ2n) is 3.26. The Bertz CT molecular complexity index is 311. The van der Waals surface area contributed by atoms with Crippen LogP contribution in [0, 0.1) is 0 Å². The second-order valence-corrected chi connectivity index (χ2v) is 3.26. The number of ether oxygens (including phenoxy) is 2. The molecule has 0 radical (unpaired) electrons. The molecule has 0 amide bonds. The molecule has 1 aromatic rings. The van der Waals surface area contributed by atoms with Crippen molar-refractivity contribution < 1.29 is 9.47 Å². The fourth-order valence-corrected chi connectivity index (χ4v) is 1.13. The number of aromatic nitrogens is 3. The van der Waals surface area contributed by atoms with E-state index in [1.165, 1.54) is 14.2 Å². The summed E-state index contributed by atoms with van der Waals surface area (Å²) in [6.07, 6.45) is 0.830. The van der Waals surface area contributed by atoms with E-state index in [0.29, 0.717) is 12.5 Å². The van der Waals surface area contributed by atoms with Crippen molar-refractivity contribution in [1.29, 1.82) is 0 Å². The molecule has 1 atom stereocenters. The van der Waals surface area contributed by atoms with E-state index in [9.17, 15) is 0 Å². The van der Waals surface area contributed by atoms with Gasteiger partial charge in [-0.2, -0.15) is 9.97 Å². The molecule has 1 aromatic heterocycles. The van der Waals surface area contributed by atoms with E-state index < -0.39 is 0 Å². The monoisotopic (exact) mass is 227 g/mol. The summed E-state index contributed by atoms with van der Waals surface area (Å²) in [5, 5.41) is 3.09. The molecule has 1 unspecified atom stereocenters. The minimum absolute atomic E-state index is 0.182. The summed E-state index contributed by atoms with van der Waals surface area (Å²) in [4.78, 5) is 12.0. The SMILES string of the molecule is COc1nc(NC(C)CCN)nc(OC)n1. The van der Waals surface area contributed by atoms with Crippen molar-refractivity contribution in [3.8, 4) is 12.0 Å². The maximum absolute atomic E-state index is 5.45. The lowest BCUT2D eigenvalue weighted by Gasteiger charge is -2.12. The third-order valence-electron chi connectivity index (χ3n) is 1.93. The molecule has 1 rings (SSSR count). The molecule has 0 spiro atoms. The number of hydrogen-bond acceptors (Lipinski definition) is 7. The van der Waals surface area contributed by atoms with Crippen molar-refractivity contribution in [1.82, 2.24) is 15.0 Å². The number of hydrogen-bond donors (Lipinski definition) is 2. The van der Waals surface area contributed by atoms with Gasteiger partial charge >= 0.3 is 12.0 Å². The van der Waals surface area contributed by atoms with Crippen LogP contribution in [0.4, 0.5) is 5.95 Å². The molecular weight excluding hydrogens is 210 g/mol. The zero-order chi connectivity index (χ0) is 12.0. The predicted octanol–water partition coefficient (Wildman–Crippen LogP) is 0.0380. The van der Waals surface area contributed by atoms with Gasteiger partial charge in [-0.3, -0.25) is 0 Å². The Morgan fingerprint density at radius 2 is 1.75 bits per heavy atom. The third-order valence-corrected chi connectivity index (χ3v) is 1.93. The van der Waals surface area contributed by atoms with E-state index in [-0.39, 0.29) is 18.1 Å². The quantitative estimate of drug-likeness (QED) is 0.708. The first-order chi connectivity index (χ1) is 7.69. The van der Waals surface area contributed by atoms with Crippen LogP contribution >= 0.6 is 0 Å². The van der Waals surface area contributed by atoms with Crippen LogP contribution in [0.25, 0.3) is 0 Å². The van der Waals surface area contributed by atoms with Gasteiger partial charge in [0.05, 0.1) is 14.2 Å². The average Bonchev–Trinajstić information content (AvgIpc) is 2.28. The number of methoxy groups -OCH3 is 2. The first-order valence-electron chi connectivity index (χ1n) is 5.00. The second kappa shape index (κ2) is 6.06. The Hall–Kier alpha value is -1.63. The summed E-state index contributed by atoms with van der Waals surface area (Å²) >= 11 is 0. The molecule has 7 nitrogen and oxygen atoms in total. The molecular formula is C9H17N5O2. The number of nitrogens with two attached hydrogens (primary N) is 1. The van der Waals surface area contributed by atoms with Gasteiger partial charge in [0, 0.05) is 6.04 Å². The summed E-state index contributed by atoms with van der Waals surface area (Å²) in [7, 11) is 2.98. The van der Waals surface area contributed by atoms with Gasteiger partial charge < -0.3 is 20.5 Å². The number of anilines is 1. The minimum Gasteiger partial charge on any atom is -0.467 e. The highest BCUT2D eigenvalue weighted by Gasteiger charge is 2.09. The van der Waals surface area contributed by atoms with Gasteiger partial charge in [0.2, 0.25) is 5.95 Å². The lowest BCUT2D eigenvalue weighted by Crippen LogP contribution is -2.21. The summed E-state index contributed by atoms with van der Waals surface area (Å²) in [5.41, 5.74) is 5.45. The fraction of sp³-hybridized carbons (Fsp3) is 0.667. The maximum Gasteiger partial charge on any atom is 0.324 e. The summed E-state index contributed by atoms with van der Waals surface area (Å²) in [6.45, 7) is 2.60. The van der Waals surface area contributed by atoms with Crippen molar-refractivity contribution in [3.63, 3.8) is 0 Å². The minimum atomic E-state index is 0.182. The molecule has 0 aromatic carbocycles. The molecule has 0 aliphatic rings. The largest absolute Gasteiger partial charge is 0.467 e. The summed E-state index contributed by atoms with van der Waals surface area (Å²) < 4.78 is 9.86. The molecule has 0 fully saturated rings. The van der Waals surface area contributed by atoms with E-state index in [0.717, 1.165) is 6.42 Å². The predicted molar refractivity (Wildman–Crippen MR) is 59.7 cm³/mol. The zero-order valence-corrected chi connectivity index (χ0v) is 9.73. The average molecular weight is 227 g/mol. The molecule has 16 heavy (non-hydrogen) atoms. The van der Waals surface area contributed by atoms with Crippen LogP contribution < -0.4 is 20.5 Å². The Morgan fingerprint density at radius 3 is 2.19 bits per heavy atom. The zero-order valence-electron chi connectivity index (χ0n) is 9.73. The molecule has 7 heteroatoms. The first kappa shape index (κ1) is 12.4. The van der Waals surface area contributed by atoms with E-state index in [4.69, 9.17) is 15.2 Å². The summed E-state index contributed by atoms with van der Waals surface area (Å²) in [5.74, 6) is 0.421. The molecule has 0 saturated heterocycles. The number of rotatable bonds is 6. The smallest absolute Gasteiger partial charge is 0.324 e.